The largest absolute Gasteiger partial charge is 0.380 e. The van der Waals surface area contributed by atoms with Crippen LogP contribution < -0.4 is 5.32 Å². The minimum Gasteiger partial charge on any atom is -0.380 e. The van der Waals surface area contributed by atoms with Gasteiger partial charge < -0.3 is 5.32 Å². The normalized spacial score (nSPS) is 11.2. The molecule has 1 aromatic heterocycles. The number of hydrogen-bond donors (Lipinski definition) is 2. The summed E-state index contributed by atoms with van der Waals surface area (Å²) in [4.78, 5) is 8.04. The van der Waals surface area contributed by atoms with Crippen molar-refractivity contribution in [1.29, 1.82) is 5.41 Å². The summed E-state index contributed by atoms with van der Waals surface area (Å²) in [6.45, 7) is 0.149. The Bertz CT molecular complexity index is 939. The molecule has 2 aromatic carbocycles. The second kappa shape index (κ2) is 8.11. The number of benzene rings is 2. The molecular formula is C20H16F2N4. The molecule has 0 bridgehead atoms. The monoisotopic (exact) mass is 350 g/mol. The second-order valence-electron chi connectivity index (χ2n) is 5.47. The van der Waals surface area contributed by atoms with Crippen LogP contribution in [0.15, 0.2) is 73.1 Å². The summed E-state index contributed by atoms with van der Waals surface area (Å²) in [7, 11) is 0. The SMILES string of the molecule is N=C(/C=C(\NCc1ccccc1F)c1ccccc1F)c1ncccn1. The van der Waals surface area contributed by atoms with Gasteiger partial charge in [0, 0.05) is 35.8 Å². The fourth-order valence-electron chi connectivity index (χ4n) is 2.38. The predicted octanol–water partition coefficient (Wildman–Crippen LogP) is 3.95. The van der Waals surface area contributed by atoms with Crippen LogP contribution in [0.25, 0.3) is 5.70 Å². The third-order valence-corrected chi connectivity index (χ3v) is 3.69. The van der Waals surface area contributed by atoms with E-state index in [1.807, 2.05) is 0 Å². The Morgan fingerprint density at radius 3 is 2.27 bits per heavy atom. The molecule has 3 aromatic rings. The smallest absolute Gasteiger partial charge is 0.177 e. The van der Waals surface area contributed by atoms with Gasteiger partial charge in [-0.3, -0.25) is 5.41 Å². The van der Waals surface area contributed by atoms with E-state index in [2.05, 4.69) is 15.3 Å². The van der Waals surface area contributed by atoms with E-state index in [-0.39, 0.29) is 29.5 Å². The molecule has 0 amide bonds. The molecule has 0 spiro atoms. The van der Waals surface area contributed by atoms with Gasteiger partial charge in [0.1, 0.15) is 17.3 Å². The third-order valence-electron chi connectivity index (χ3n) is 3.69. The van der Waals surface area contributed by atoms with Crippen molar-refractivity contribution in [1.82, 2.24) is 15.3 Å². The standard InChI is InChI=1S/C20H16F2N4/c21-16-8-3-1-6-14(16)13-26-19(15-7-2-4-9-17(15)22)12-18(23)20-24-10-5-11-25-20/h1-12,23,26H,13H2/b19-12-,23-18?. The summed E-state index contributed by atoms with van der Waals surface area (Å²) >= 11 is 0. The van der Waals surface area contributed by atoms with E-state index in [0.717, 1.165) is 0 Å². The van der Waals surface area contributed by atoms with Crippen molar-refractivity contribution in [2.45, 2.75) is 6.54 Å². The average molecular weight is 350 g/mol. The summed E-state index contributed by atoms with van der Waals surface area (Å²) in [5.74, 6) is -0.579. The van der Waals surface area contributed by atoms with Gasteiger partial charge in [0.05, 0.1) is 0 Å². The highest BCUT2D eigenvalue weighted by atomic mass is 19.1. The molecular weight excluding hydrogens is 334 g/mol. The van der Waals surface area contributed by atoms with Crippen LogP contribution in [0.5, 0.6) is 0 Å². The Hall–Kier alpha value is -3.41. The first-order valence-corrected chi connectivity index (χ1v) is 7.95. The molecule has 0 saturated heterocycles. The first kappa shape index (κ1) is 17.4. The van der Waals surface area contributed by atoms with Crippen LogP contribution >= 0.6 is 0 Å². The molecule has 0 aliphatic carbocycles. The molecule has 2 N–H and O–H groups in total. The molecule has 0 radical (unpaired) electrons. The van der Waals surface area contributed by atoms with E-state index >= 15 is 0 Å². The Labute approximate surface area is 149 Å². The first-order chi connectivity index (χ1) is 12.6. The average Bonchev–Trinajstić information content (AvgIpc) is 2.67. The van der Waals surface area contributed by atoms with Crippen LogP contribution in [0.4, 0.5) is 8.78 Å². The van der Waals surface area contributed by atoms with Crippen LogP contribution in [0.3, 0.4) is 0 Å². The van der Waals surface area contributed by atoms with Gasteiger partial charge in [-0.2, -0.15) is 0 Å². The second-order valence-corrected chi connectivity index (χ2v) is 5.47. The lowest BCUT2D eigenvalue weighted by Gasteiger charge is -2.13. The molecule has 4 nitrogen and oxygen atoms in total. The van der Waals surface area contributed by atoms with Crippen molar-refractivity contribution < 1.29 is 8.78 Å². The van der Waals surface area contributed by atoms with Gasteiger partial charge >= 0.3 is 0 Å². The Kier molecular flexibility index (Phi) is 5.43. The molecule has 0 atom stereocenters. The minimum atomic E-state index is -0.443. The van der Waals surface area contributed by atoms with E-state index in [0.29, 0.717) is 11.3 Å². The van der Waals surface area contributed by atoms with Crippen molar-refractivity contribution >= 4 is 11.4 Å². The van der Waals surface area contributed by atoms with Crippen molar-refractivity contribution in [3.05, 3.63) is 102 Å². The molecule has 0 unspecified atom stereocenters. The molecule has 0 saturated carbocycles. The lowest BCUT2D eigenvalue weighted by molar-refractivity contribution is 0.603. The fourth-order valence-corrected chi connectivity index (χ4v) is 2.38. The summed E-state index contributed by atoms with van der Waals surface area (Å²) in [5.41, 5.74) is 1.09. The van der Waals surface area contributed by atoms with Crippen LogP contribution in [0, 0.1) is 17.0 Å². The zero-order valence-corrected chi connectivity index (χ0v) is 13.8. The number of nitrogens with zero attached hydrogens (tertiary/aromatic N) is 2. The zero-order valence-electron chi connectivity index (χ0n) is 13.8. The molecule has 26 heavy (non-hydrogen) atoms. The lowest BCUT2D eigenvalue weighted by atomic mass is 10.1. The molecule has 0 fully saturated rings. The van der Waals surface area contributed by atoms with Gasteiger partial charge in [-0.1, -0.05) is 30.3 Å². The molecule has 130 valence electrons. The highest BCUT2D eigenvalue weighted by Crippen LogP contribution is 2.18. The third kappa shape index (κ3) is 4.16. The highest BCUT2D eigenvalue weighted by molar-refractivity contribution is 6.07. The fraction of sp³-hybridized carbons (Fsp3) is 0.0500. The van der Waals surface area contributed by atoms with Gasteiger partial charge in [0.25, 0.3) is 0 Å². The Balaban J connectivity index is 1.92. The minimum absolute atomic E-state index is 0.0184. The van der Waals surface area contributed by atoms with Crippen molar-refractivity contribution in [3.8, 4) is 0 Å². The number of halogens is 2. The lowest BCUT2D eigenvalue weighted by Crippen LogP contribution is -2.16. The van der Waals surface area contributed by atoms with Crippen LogP contribution in [-0.4, -0.2) is 15.7 Å². The van der Waals surface area contributed by atoms with E-state index in [1.54, 1.807) is 42.5 Å². The quantitative estimate of drug-likeness (QED) is 0.662. The summed E-state index contributed by atoms with van der Waals surface area (Å²) in [6, 6.07) is 14.2. The maximum Gasteiger partial charge on any atom is 0.177 e. The highest BCUT2D eigenvalue weighted by Gasteiger charge is 2.11. The number of aromatic nitrogens is 2. The van der Waals surface area contributed by atoms with Gasteiger partial charge in [0.2, 0.25) is 0 Å². The first-order valence-electron chi connectivity index (χ1n) is 7.95. The van der Waals surface area contributed by atoms with Crippen LogP contribution in [0.1, 0.15) is 17.0 Å². The van der Waals surface area contributed by atoms with E-state index < -0.39 is 5.82 Å². The Morgan fingerprint density at radius 2 is 1.58 bits per heavy atom. The summed E-state index contributed by atoms with van der Waals surface area (Å²) in [6.07, 6.45) is 4.50. The van der Waals surface area contributed by atoms with Crippen molar-refractivity contribution in [3.63, 3.8) is 0 Å². The maximum atomic E-state index is 14.2. The summed E-state index contributed by atoms with van der Waals surface area (Å²) in [5, 5.41) is 11.2. The zero-order chi connectivity index (χ0) is 18.4. The van der Waals surface area contributed by atoms with E-state index in [1.165, 1.54) is 30.6 Å². The predicted molar refractivity (Wildman–Crippen MR) is 96.5 cm³/mol. The summed E-state index contributed by atoms with van der Waals surface area (Å²) < 4.78 is 28.1. The number of allylic oxidation sites excluding steroid dienone is 1. The van der Waals surface area contributed by atoms with Crippen molar-refractivity contribution in [2.24, 2.45) is 0 Å². The molecule has 3 rings (SSSR count). The molecule has 6 heteroatoms. The van der Waals surface area contributed by atoms with Gasteiger partial charge in [-0.25, -0.2) is 18.7 Å². The molecule has 0 aliphatic rings. The Morgan fingerprint density at radius 1 is 0.923 bits per heavy atom. The molecule has 0 aliphatic heterocycles. The van der Waals surface area contributed by atoms with Crippen molar-refractivity contribution in [2.75, 3.05) is 0 Å². The van der Waals surface area contributed by atoms with E-state index in [4.69, 9.17) is 5.41 Å². The van der Waals surface area contributed by atoms with Gasteiger partial charge in [-0.15, -0.1) is 0 Å². The molecule has 1 heterocycles. The number of rotatable bonds is 6. The van der Waals surface area contributed by atoms with Crippen LogP contribution in [-0.2, 0) is 6.54 Å². The van der Waals surface area contributed by atoms with E-state index in [9.17, 15) is 8.78 Å². The number of nitrogens with one attached hydrogen (secondary N) is 2. The van der Waals surface area contributed by atoms with Gasteiger partial charge in [-0.05, 0) is 30.3 Å². The maximum absolute atomic E-state index is 14.2. The number of hydrogen-bond acceptors (Lipinski definition) is 4. The van der Waals surface area contributed by atoms with Crippen LogP contribution in [0.2, 0.25) is 0 Å². The topological polar surface area (TPSA) is 61.7 Å². The van der Waals surface area contributed by atoms with Gasteiger partial charge in [0.15, 0.2) is 5.82 Å².